The molecule has 0 amide bonds. The largest absolute Gasteiger partial charge is 0.394 e. The van der Waals surface area contributed by atoms with E-state index in [4.69, 9.17) is 24.4 Å². The van der Waals surface area contributed by atoms with Crippen LogP contribution in [-0.4, -0.2) is 63.1 Å². The first kappa shape index (κ1) is 17.8. The Balaban J connectivity index is 3.66. The summed E-state index contributed by atoms with van der Waals surface area (Å²) in [6.45, 7) is 7.39. The second-order valence-electron chi connectivity index (χ2n) is 4.72. The molecule has 0 radical (unpaired) electrons. The van der Waals surface area contributed by atoms with Gasteiger partial charge in [0.1, 0.15) is 0 Å². The van der Waals surface area contributed by atoms with Crippen LogP contribution in [0, 0.1) is 11.8 Å². The average Bonchev–Trinajstić information content (AvgIpc) is 2.34. The molecule has 0 aromatic heterocycles. The molecule has 0 heterocycles. The lowest BCUT2D eigenvalue weighted by Gasteiger charge is -2.17. The third kappa shape index (κ3) is 12.3. The van der Waals surface area contributed by atoms with Gasteiger partial charge in [0.2, 0.25) is 0 Å². The number of ether oxygens (including phenoxy) is 3. The predicted octanol–water partition coefficient (Wildman–Crippen LogP) is 0.683. The van der Waals surface area contributed by atoms with Crippen LogP contribution >= 0.6 is 0 Å². The molecule has 5 nitrogen and oxygen atoms in total. The van der Waals surface area contributed by atoms with Crippen LogP contribution in [0.3, 0.4) is 0 Å². The molecular weight excluding hydrogens is 236 g/mol. The molecule has 0 aliphatic carbocycles. The van der Waals surface area contributed by atoms with Gasteiger partial charge in [-0.1, -0.05) is 13.8 Å². The topological polar surface area (TPSA) is 68.2 Å². The smallest absolute Gasteiger partial charge is 0.0697 e. The number of aliphatic hydroxyl groups is 2. The Labute approximate surface area is 110 Å². The first-order chi connectivity index (χ1) is 8.70. The number of aliphatic hydroxyl groups excluding tert-OH is 2. The van der Waals surface area contributed by atoms with Crippen molar-refractivity contribution in [3.05, 3.63) is 0 Å². The maximum atomic E-state index is 8.65. The van der Waals surface area contributed by atoms with Gasteiger partial charge in [-0.25, -0.2) is 0 Å². The van der Waals surface area contributed by atoms with E-state index in [1.54, 1.807) is 0 Å². The summed E-state index contributed by atoms with van der Waals surface area (Å²) in [6.07, 6.45) is 1.04. The van der Waals surface area contributed by atoms with E-state index in [1.807, 2.05) is 0 Å². The first-order valence-electron chi connectivity index (χ1n) is 6.65. The highest BCUT2D eigenvalue weighted by Gasteiger charge is 2.10. The van der Waals surface area contributed by atoms with Crippen molar-refractivity contribution in [3.8, 4) is 0 Å². The zero-order valence-corrected chi connectivity index (χ0v) is 11.6. The van der Waals surface area contributed by atoms with Crippen molar-refractivity contribution in [3.63, 3.8) is 0 Å². The Morgan fingerprint density at radius 3 is 1.61 bits per heavy atom. The van der Waals surface area contributed by atoms with E-state index in [2.05, 4.69) is 13.8 Å². The molecule has 0 spiro atoms. The molecule has 5 heteroatoms. The first-order valence-corrected chi connectivity index (χ1v) is 6.65. The van der Waals surface area contributed by atoms with Crippen LogP contribution in [0.4, 0.5) is 0 Å². The summed E-state index contributed by atoms with van der Waals surface area (Å²) in [7, 11) is 0. The third-order valence-corrected chi connectivity index (χ3v) is 2.37. The maximum absolute atomic E-state index is 8.65. The maximum Gasteiger partial charge on any atom is 0.0697 e. The summed E-state index contributed by atoms with van der Waals surface area (Å²) < 4.78 is 16.1. The molecule has 0 saturated carbocycles. The summed E-state index contributed by atoms with van der Waals surface area (Å²) in [5.74, 6) is 0.787. The molecule has 0 rings (SSSR count). The zero-order valence-electron chi connectivity index (χ0n) is 11.6. The molecular formula is C13H28O5. The fraction of sp³-hybridized carbons (Fsp3) is 1.00. The highest BCUT2D eigenvalue weighted by atomic mass is 16.5. The van der Waals surface area contributed by atoms with Crippen molar-refractivity contribution < 1.29 is 24.4 Å². The van der Waals surface area contributed by atoms with Gasteiger partial charge in [0, 0.05) is 12.5 Å². The van der Waals surface area contributed by atoms with Gasteiger partial charge in [-0.05, 0) is 12.3 Å². The van der Waals surface area contributed by atoms with E-state index in [0.29, 0.717) is 39.0 Å². The Morgan fingerprint density at radius 2 is 1.22 bits per heavy atom. The van der Waals surface area contributed by atoms with Gasteiger partial charge in [0.15, 0.2) is 0 Å². The second kappa shape index (κ2) is 13.2. The number of hydrogen-bond donors (Lipinski definition) is 2. The van der Waals surface area contributed by atoms with Crippen molar-refractivity contribution in [2.75, 3.05) is 52.9 Å². The molecule has 0 aliphatic rings. The fourth-order valence-electron chi connectivity index (χ4n) is 1.34. The molecule has 0 aromatic carbocycles. The van der Waals surface area contributed by atoms with Gasteiger partial charge in [-0.3, -0.25) is 0 Å². The molecule has 0 fully saturated rings. The van der Waals surface area contributed by atoms with E-state index < -0.39 is 0 Å². The number of hydrogen-bond acceptors (Lipinski definition) is 5. The van der Waals surface area contributed by atoms with Crippen LogP contribution in [0.1, 0.15) is 20.3 Å². The lowest BCUT2D eigenvalue weighted by Crippen LogP contribution is -2.23. The van der Waals surface area contributed by atoms with Crippen molar-refractivity contribution in [2.45, 2.75) is 20.3 Å². The van der Waals surface area contributed by atoms with E-state index >= 15 is 0 Å². The van der Waals surface area contributed by atoms with Crippen LogP contribution in [0.2, 0.25) is 0 Å². The lowest BCUT2D eigenvalue weighted by atomic mass is 10.1. The van der Waals surface area contributed by atoms with Crippen molar-refractivity contribution >= 4 is 0 Å². The second-order valence-corrected chi connectivity index (χ2v) is 4.72. The van der Waals surface area contributed by atoms with E-state index in [1.165, 1.54) is 0 Å². The fourth-order valence-corrected chi connectivity index (χ4v) is 1.34. The minimum absolute atomic E-state index is 0.0262. The average molecular weight is 264 g/mol. The molecule has 0 atom stereocenters. The monoisotopic (exact) mass is 264 g/mol. The molecule has 0 saturated heterocycles. The van der Waals surface area contributed by atoms with Gasteiger partial charge in [-0.15, -0.1) is 0 Å². The Kier molecular flexibility index (Phi) is 13.1. The minimum atomic E-state index is 0.0262. The van der Waals surface area contributed by atoms with E-state index in [0.717, 1.165) is 13.0 Å². The summed E-state index contributed by atoms with van der Waals surface area (Å²) in [6, 6.07) is 0. The Hall–Kier alpha value is -0.200. The van der Waals surface area contributed by atoms with Crippen LogP contribution in [0.25, 0.3) is 0 Å². The molecule has 0 unspecified atom stereocenters. The van der Waals surface area contributed by atoms with Crippen LogP contribution in [0.5, 0.6) is 0 Å². The SMILES string of the molecule is CC(C)CCOCC(COCCO)COCCO. The zero-order chi connectivity index (χ0) is 13.6. The highest BCUT2D eigenvalue weighted by Crippen LogP contribution is 2.04. The molecule has 18 heavy (non-hydrogen) atoms. The van der Waals surface area contributed by atoms with Crippen LogP contribution in [0.15, 0.2) is 0 Å². The molecule has 0 aliphatic heterocycles. The minimum Gasteiger partial charge on any atom is -0.394 e. The van der Waals surface area contributed by atoms with Crippen LogP contribution in [-0.2, 0) is 14.2 Å². The summed E-state index contributed by atoms with van der Waals surface area (Å²) >= 11 is 0. The predicted molar refractivity (Wildman–Crippen MR) is 69.6 cm³/mol. The molecule has 0 aromatic rings. The van der Waals surface area contributed by atoms with Gasteiger partial charge >= 0.3 is 0 Å². The lowest BCUT2D eigenvalue weighted by molar-refractivity contribution is -0.0189. The Morgan fingerprint density at radius 1 is 0.778 bits per heavy atom. The standard InChI is InChI=1S/C13H28O5/c1-12(2)3-6-16-9-13(10-17-7-4-14)11-18-8-5-15/h12-15H,3-11H2,1-2H3. The summed E-state index contributed by atoms with van der Waals surface area (Å²) in [4.78, 5) is 0. The molecule has 0 bridgehead atoms. The van der Waals surface area contributed by atoms with E-state index in [-0.39, 0.29) is 19.1 Å². The normalized spacial score (nSPS) is 11.7. The van der Waals surface area contributed by atoms with Crippen LogP contribution < -0.4 is 0 Å². The third-order valence-electron chi connectivity index (χ3n) is 2.37. The summed E-state index contributed by atoms with van der Waals surface area (Å²) in [5.41, 5.74) is 0. The Bertz CT molecular complexity index is 153. The molecule has 110 valence electrons. The quantitative estimate of drug-likeness (QED) is 0.479. The van der Waals surface area contributed by atoms with Gasteiger partial charge in [0.05, 0.1) is 46.2 Å². The molecule has 2 N–H and O–H groups in total. The van der Waals surface area contributed by atoms with Gasteiger partial charge in [0.25, 0.3) is 0 Å². The number of rotatable bonds is 13. The summed E-state index contributed by atoms with van der Waals surface area (Å²) in [5, 5.41) is 17.3. The van der Waals surface area contributed by atoms with Gasteiger partial charge in [-0.2, -0.15) is 0 Å². The van der Waals surface area contributed by atoms with E-state index in [9.17, 15) is 0 Å². The van der Waals surface area contributed by atoms with Crippen molar-refractivity contribution in [1.29, 1.82) is 0 Å². The van der Waals surface area contributed by atoms with Gasteiger partial charge < -0.3 is 24.4 Å². The van der Waals surface area contributed by atoms with Crippen molar-refractivity contribution in [1.82, 2.24) is 0 Å². The van der Waals surface area contributed by atoms with Crippen molar-refractivity contribution in [2.24, 2.45) is 11.8 Å². The highest BCUT2D eigenvalue weighted by molar-refractivity contribution is 4.57.